The number of benzene rings is 1. The lowest BCUT2D eigenvalue weighted by atomic mass is 10.1. The zero-order valence-electron chi connectivity index (χ0n) is 6.76. The summed E-state index contributed by atoms with van der Waals surface area (Å²) >= 11 is 16.2. The van der Waals surface area contributed by atoms with Gasteiger partial charge in [-0.2, -0.15) is 0 Å². The molecule has 0 saturated carbocycles. The first-order valence-corrected chi connectivity index (χ1v) is 4.88. The molecule has 0 bridgehead atoms. The van der Waals surface area contributed by atoms with Crippen molar-refractivity contribution < 1.29 is 0 Å². The fourth-order valence-corrected chi connectivity index (χ4v) is 1.47. The molecule has 1 aromatic rings. The molecule has 13 heavy (non-hydrogen) atoms. The maximum Gasteiger partial charge on any atom is 0.0624 e. The summed E-state index contributed by atoms with van der Waals surface area (Å²) in [5, 5.41) is 3.48. The highest BCUT2D eigenvalue weighted by atomic mass is 35.5. The van der Waals surface area contributed by atoms with E-state index in [-0.39, 0.29) is 0 Å². The summed E-state index contributed by atoms with van der Waals surface area (Å²) in [4.78, 5) is 3.80. The molecule has 1 rings (SSSR count). The molecule has 4 heteroatoms. The molecule has 0 amide bonds. The van der Waals surface area contributed by atoms with Crippen molar-refractivity contribution in [3.63, 3.8) is 0 Å². The standard InChI is InChI=1S/C9H7Cl2NS/c10-8-3-1-2-7(9(8)11)4-5-12-6-13/h1-3H,4-5H2. The van der Waals surface area contributed by atoms with Crippen molar-refractivity contribution in [2.75, 3.05) is 6.54 Å². The van der Waals surface area contributed by atoms with Gasteiger partial charge in [0, 0.05) is 0 Å². The molecule has 0 radical (unpaired) electrons. The van der Waals surface area contributed by atoms with Crippen LogP contribution in [0.3, 0.4) is 0 Å². The average Bonchev–Trinajstić information content (AvgIpc) is 2.13. The lowest BCUT2D eigenvalue weighted by Gasteiger charge is -2.02. The molecule has 0 N–H and O–H groups in total. The van der Waals surface area contributed by atoms with Gasteiger partial charge in [0.2, 0.25) is 0 Å². The van der Waals surface area contributed by atoms with Gasteiger partial charge in [0.1, 0.15) is 0 Å². The third-order valence-corrected chi connectivity index (χ3v) is 2.58. The van der Waals surface area contributed by atoms with Crippen LogP contribution in [0, 0.1) is 0 Å². The molecule has 0 saturated heterocycles. The monoisotopic (exact) mass is 231 g/mol. The van der Waals surface area contributed by atoms with E-state index in [1.807, 2.05) is 12.1 Å². The van der Waals surface area contributed by atoms with Gasteiger partial charge in [-0.05, 0) is 30.3 Å². The van der Waals surface area contributed by atoms with E-state index in [9.17, 15) is 0 Å². The van der Waals surface area contributed by atoms with E-state index in [1.165, 1.54) is 0 Å². The van der Waals surface area contributed by atoms with Crippen LogP contribution in [-0.2, 0) is 6.42 Å². The topological polar surface area (TPSA) is 12.4 Å². The molecular formula is C9H7Cl2NS. The highest BCUT2D eigenvalue weighted by Crippen LogP contribution is 2.25. The summed E-state index contributed by atoms with van der Waals surface area (Å²) < 4.78 is 0. The van der Waals surface area contributed by atoms with Gasteiger partial charge in [-0.1, -0.05) is 35.3 Å². The molecule has 68 valence electrons. The minimum absolute atomic E-state index is 0.575. The van der Waals surface area contributed by atoms with E-state index in [4.69, 9.17) is 23.2 Å². The van der Waals surface area contributed by atoms with Crippen LogP contribution in [0.4, 0.5) is 0 Å². The second-order valence-corrected chi connectivity index (χ2v) is 3.40. The number of thiocarbonyl (C=S) groups is 1. The Kier molecular flexibility index (Phi) is 4.40. The van der Waals surface area contributed by atoms with E-state index in [0.29, 0.717) is 16.6 Å². The van der Waals surface area contributed by atoms with Crippen molar-refractivity contribution in [3.8, 4) is 0 Å². The van der Waals surface area contributed by atoms with Crippen molar-refractivity contribution in [2.24, 2.45) is 4.99 Å². The first-order chi connectivity index (χ1) is 6.25. The van der Waals surface area contributed by atoms with Gasteiger partial charge in [0.05, 0.1) is 21.8 Å². The second-order valence-electron chi connectivity index (χ2n) is 2.44. The molecule has 0 heterocycles. The van der Waals surface area contributed by atoms with Crippen LogP contribution in [0.2, 0.25) is 10.0 Å². The molecule has 0 unspecified atom stereocenters. The lowest BCUT2D eigenvalue weighted by molar-refractivity contribution is 0.977. The van der Waals surface area contributed by atoms with E-state index in [0.717, 1.165) is 12.0 Å². The predicted octanol–water partition coefficient (Wildman–Crippen LogP) is 3.64. The quantitative estimate of drug-likeness (QED) is 0.572. The number of isothiocyanates is 1. The van der Waals surface area contributed by atoms with E-state index >= 15 is 0 Å². The van der Waals surface area contributed by atoms with Gasteiger partial charge < -0.3 is 0 Å². The van der Waals surface area contributed by atoms with Gasteiger partial charge in [0.25, 0.3) is 0 Å². The Bertz CT molecular complexity index is 345. The SMILES string of the molecule is S=C=NCCc1cccc(Cl)c1Cl. The maximum absolute atomic E-state index is 5.95. The van der Waals surface area contributed by atoms with E-state index in [2.05, 4.69) is 22.4 Å². The van der Waals surface area contributed by atoms with Crippen molar-refractivity contribution in [1.82, 2.24) is 0 Å². The minimum Gasteiger partial charge on any atom is -0.232 e. The van der Waals surface area contributed by atoms with Gasteiger partial charge in [-0.15, -0.1) is 0 Å². The second kappa shape index (κ2) is 5.36. The molecule has 0 fully saturated rings. The third kappa shape index (κ3) is 3.09. The van der Waals surface area contributed by atoms with Crippen molar-refractivity contribution in [2.45, 2.75) is 6.42 Å². The Morgan fingerprint density at radius 1 is 1.38 bits per heavy atom. The molecular weight excluding hydrogens is 225 g/mol. The Hall–Kier alpha value is -0.400. The normalized spacial score (nSPS) is 9.38. The molecule has 0 aromatic heterocycles. The van der Waals surface area contributed by atoms with Crippen LogP contribution < -0.4 is 0 Å². The van der Waals surface area contributed by atoms with Crippen molar-refractivity contribution in [1.29, 1.82) is 0 Å². The molecule has 0 atom stereocenters. The zero-order chi connectivity index (χ0) is 9.68. The molecule has 1 nitrogen and oxygen atoms in total. The van der Waals surface area contributed by atoms with Gasteiger partial charge in [-0.3, -0.25) is 0 Å². The summed E-state index contributed by atoms with van der Waals surface area (Å²) in [6, 6.07) is 5.55. The van der Waals surface area contributed by atoms with Gasteiger partial charge in [0.15, 0.2) is 0 Å². The number of rotatable bonds is 3. The first kappa shape index (κ1) is 10.7. The predicted molar refractivity (Wildman–Crippen MR) is 60.1 cm³/mol. The fraction of sp³-hybridized carbons (Fsp3) is 0.222. The first-order valence-electron chi connectivity index (χ1n) is 3.72. The molecule has 0 aliphatic carbocycles. The van der Waals surface area contributed by atoms with E-state index in [1.54, 1.807) is 6.07 Å². The lowest BCUT2D eigenvalue weighted by Crippen LogP contribution is -1.90. The van der Waals surface area contributed by atoms with Crippen LogP contribution >= 0.6 is 35.4 Å². The van der Waals surface area contributed by atoms with Gasteiger partial charge in [-0.25, -0.2) is 4.99 Å². The highest BCUT2D eigenvalue weighted by molar-refractivity contribution is 7.78. The Morgan fingerprint density at radius 2 is 2.15 bits per heavy atom. The molecule has 1 aromatic carbocycles. The summed E-state index contributed by atoms with van der Waals surface area (Å²) in [6.45, 7) is 0.601. The van der Waals surface area contributed by atoms with Crippen LogP contribution in [0.25, 0.3) is 0 Å². The van der Waals surface area contributed by atoms with Crippen LogP contribution in [-0.4, -0.2) is 11.7 Å². The number of hydrogen-bond donors (Lipinski definition) is 0. The summed E-state index contributed by atoms with van der Waals surface area (Å²) in [7, 11) is 0. The average molecular weight is 232 g/mol. The van der Waals surface area contributed by atoms with Crippen molar-refractivity contribution in [3.05, 3.63) is 33.8 Å². The number of hydrogen-bond acceptors (Lipinski definition) is 2. The number of halogens is 2. The highest BCUT2D eigenvalue weighted by Gasteiger charge is 2.02. The fourth-order valence-electron chi connectivity index (χ4n) is 0.964. The Balaban J connectivity index is 2.76. The number of aliphatic imine (C=N–C) groups is 1. The van der Waals surface area contributed by atoms with Gasteiger partial charge >= 0.3 is 0 Å². The molecule has 0 aliphatic heterocycles. The van der Waals surface area contributed by atoms with Crippen LogP contribution in [0.5, 0.6) is 0 Å². The summed E-state index contributed by atoms with van der Waals surface area (Å²) in [5.41, 5.74) is 0.989. The Morgan fingerprint density at radius 3 is 2.85 bits per heavy atom. The molecule has 0 spiro atoms. The Labute approximate surface area is 92.4 Å². The molecule has 0 aliphatic rings. The minimum atomic E-state index is 0.575. The number of nitrogens with zero attached hydrogens (tertiary/aromatic N) is 1. The van der Waals surface area contributed by atoms with Crippen LogP contribution in [0.15, 0.2) is 23.2 Å². The maximum atomic E-state index is 5.95. The largest absolute Gasteiger partial charge is 0.232 e. The van der Waals surface area contributed by atoms with Crippen LogP contribution in [0.1, 0.15) is 5.56 Å². The van der Waals surface area contributed by atoms with E-state index < -0.39 is 0 Å². The van der Waals surface area contributed by atoms with Crippen molar-refractivity contribution >= 4 is 40.6 Å². The zero-order valence-corrected chi connectivity index (χ0v) is 9.09. The smallest absolute Gasteiger partial charge is 0.0624 e. The third-order valence-electron chi connectivity index (χ3n) is 1.59. The summed E-state index contributed by atoms with van der Waals surface area (Å²) in [5.74, 6) is 0. The summed E-state index contributed by atoms with van der Waals surface area (Å²) in [6.07, 6.45) is 0.739.